The van der Waals surface area contributed by atoms with Gasteiger partial charge in [-0.25, -0.2) is 0 Å². The van der Waals surface area contributed by atoms with Gasteiger partial charge < -0.3 is 52.3 Å². The molecule has 0 saturated heterocycles. The minimum atomic E-state index is -5.39. The summed E-state index contributed by atoms with van der Waals surface area (Å²) in [6.07, 6.45) is 7.31. The SMILES string of the molecule is O=P([O-])([O-])[O-].O=P([O-])([O-])[O-].[CH2-]CCCC.[CH2-]CCCC.[Ca+2]. The number of unbranched alkanes of at least 4 members (excludes halogenated alkanes) is 4. The summed E-state index contributed by atoms with van der Waals surface area (Å²) in [6, 6.07) is 0. The number of phosphoric acid groups is 2. The summed E-state index contributed by atoms with van der Waals surface area (Å²) < 4.78 is 17.1. The molecule has 0 atom stereocenters. The van der Waals surface area contributed by atoms with E-state index >= 15 is 0 Å². The van der Waals surface area contributed by atoms with Crippen molar-refractivity contribution < 1.29 is 38.5 Å². The van der Waals surface area contributed by atoms with Crippen LogP contribution in [-0.2, 0) is 9.13 Å². The van der Waals surface area contributed by atoms with Gasteiger partial charge in [0.25, 0.3) is 0 Å². The predicted octanol–water partition coefficient (Wildman–Crippen LogP) is -2.01. The molecule has 0 aliphatic heterocycles. The number of hydrogen-bond acceptors (Lipinski definition) is 8. The summed E-state index contributed by atoms with van der Waals surface area (Å²) >= 11 is 0. The fourth-order valence-electron chi connectivity index (χ4n) is 0.500. The Morgan fingerprint density at radius 3 is 0.857 bits per heavy atom. The Morgan fingerprint density at radius 1 is 0.714 bits per heavy atom. The second kappa shape index (κ2) is 23.7. The molecule has 21 heavy (non-hydrogen) atoms. The summed E-state index contributed by atoms with van der Waals surface area (Å²) in [5.74, 6) is 0. The summed E-state index contributed by atoms with van der Waals surface area (Å²) in [5.41, 5.74) is 0. The molecule has 11 heteroatoms. The van der Waals surface area contributed by atoms with E-state index in [1.807, 2.05) is 0 Å². The van der Waals surface area contributed by atoms with Crippen LogP contribution in [0.3, 0.4) is 0 Å². The van der Waals surface area contributed by atoms with Gasteiger partial charge in [0.2, 0.25) is 0 Å². The van der Waals surface area contributed by atoms with Crippen molar-refractivity contribution in [3.63, 3.8) is 0 Å². The van der Waals surface area contributed by atoms with Gasteiger partial charge in [-0.3, -0.25) is 0 Å². The maximum absolute atomic E-state index is 8.55. The first kappa shape index (κ1) is 33.9. The quantitative estimate of drug-likeness (QED) is 0.309. The summed E-state index contributed by atoms with van der Waals surface area (Å²) in [7, 11) is -10.8. The first-order chi connectivity index (χ1) is 8.83. The van der Waals surface area contributed by atoms with E-state index in [0.717, 1.165) is 12.8 Å². The van der Waals surface area contributed by atoms with Crippen LogP contribution in [0, 0.1) is 13.8 Å². The molecule has 0 unspecified atom stereocenters. The first-order valence-corrected chi connectivity index (χ1v) is 8.80. The average molecular weight is 372 g/mol. The standard InChI is InChI=1S/2C5H11.Ca.2H3O4P/c2*1-3-5-4-2;;2*1-5(2,3)4/h2*1,3-5H2,2H3;;2*(H3,1,2,3,4)/q2*-1;+2;;/p-6. The fraction of sp³-hybridized carbons (Fsp3) is 0.800. The molecule has 0 aliphatic carbocycles. The van der Waals surface area contributed by atoms with E-state index in [4.69, 9.17) is 38.5 Å². The van der Waals surface area contributed by atoms with Crippen molar-refractivity contribution in [3.05, 3.63) is 13.8 Å². The molecule has 0 amide bonds. The van der Waals surface area contributed by atoms with Crippen LogP contribution in [0.2, 0.25) is 0 Å². The summed E-state index contributed by atoms with van der Waals surface area (Å²) in [5, 5.41) is 0. The van der Waals surface area contributed by atoms with Gasteiger partial charge in [-0.15, -0.1) is 0 Å². The minimum absolute atomic E-state index is 0. The third-order valence-corrected chi connectivity index (χ3v) is 1.21. The predicted molar refractivity (Wildman–Crippen MR) is 70.7 cm³/mol. The Kier molecular flexibility index (Phi) is 38.4. The van der Waals surface area contributed by atoms with Gasteiger partial charge in [-0.1, -0.05) is 39.5 Å². The molecular formula is C10H22CaO8P2-6. The van der Waals surface area contributed by atoms with E-state index in [0.29, 0.717) is 0 Å². The van der Waals surface area contributed by atoms with Crippen LogP contribution in [0.15, 0.2) is 0 Å². The third kappa shape index (κ3) is 271. The van der Waals surface area contributed by atoms with Crippen LogP contribution in [-0.4, -0.2) is 37.7 Å². The van der Waals surface area contributed by atoms with E-state index in [9.17, 15) is 0 Å². The first-order valence-electron chi connectivity index (χ1n) is 5.87. The molecule has 0 radical (unpaired) electrons. The fourth-order valence-corrected chi connectivity index (χ4v) is 0.500. The zero-order chi connectivity index (χ0) is 17.2. The molecule has 0 aliphatic rings. The molecule has 0 rings (SSSR count). The van der Waals surface area contributed by atoms with Crippen molar-refractivity contribution in [3.8, 4) is 0 Å². The molecule has 0 bridgehead atoms. The van der Waals surface area contributed by atoms with Gasteiger partial charge in [0.1, 0.15) is 0 Å². The largest absolute Gasteiger partial charge is 2.00 e. The van der Waals surface area contributed by atoms with E-state index in [-0.39, 0.29) is 37.7 Å². The van der Waals surface area contributed by atoms with Gasteiger partial charge >= 0.3 is 37.7 Å². The van der Waals surface area contributed by atoms with Gasteiger partial charge in [0.15, 0.2) is 0 Å². The average Bonchev–Trinajstić information content (AvgIpc) is 2.15. The van der Waals surface area contributed by atoms with Gasteiger partial charge in [-0.05, 0) is 0 Å². The van der Waals surface area contributed by atoms with Gasteiger partial charge in [0.05, 0.1) is 0 Å². The second-order valence-electron chi connectivity index (χ2n) is 3.31. The molecular weight excluding hydrogens is 350 g/mol. The molecule has 0 saturated carbocycles. The number of rotatable bonds is 4. The summed E-state index contributed by atoms with van der Waals surface area (Å²) in [6.45, 7) is 11.7. The summed E-state index contributed by atoms with van der Waals surface area (Å²) in [4.78, 5) is 51.3. The molecule has 0 N–H and O–H groups in total. The molecule has 0 spiro atoms. The monoisotopic (exact) mass is 372 g/mol. The zero-order valence-corrected chi connectivity index (χ0v) is 16.5. The van der Waals surface area contributed by atoms with Crippen LogP contribution in [0.5, 0.6) is 0 Å². The third-order valence-electron chi connectivity index (χ3n) is 1.21. The van der Waals surface area contributed by atoms with E-state index in [2.05, 4.69) is 27.7 Å². The molecule has 0 aromatic carbocycles. The van der Waals surface area contributed by atoms with E-state index in [1.54, 1.807) is 0 Å². The molecule has 128 valence electrons. The molecule has 8 nitrogen and oxygen atoms in total. The molecule has 0 fully saturated rings. The zero-order valence-electron chi connectivity index (χ0n) is 12.5. The van der Waals surface area contributed by atoms with Crippen molar-refractivity contribution in [2.75, 3.05) is 0 Å². The molecule has 0 heterocycles. The Bertz CT molecular complexity index is 207. The second-order valence-corrected chi connectivity index (χ2v) is 5.10. The van der Waals surface area contributed by atoms with E-state index < -0.39 is 15.6 Å². The van der Waals surface area contributed by atoms with Crippen molar-refractivity contribution >= 4 is 53.4 Å². The van der Waals surface area contributed by atoms with Crippen LogP contribution in [0.25, 0.3) is 0 Å². The van der Waals surface area contributed by atoms with Crippen molar-refractivity contribution in [2.24, 2.45) is 0 Å². The molecule has 0 aromatic heterocycles. The molecule has 0 aromatic rings. The topological polar surface area (TPSA) is 172 Å². The minimum Gasteiger partial charge on any atom is -0.822 e. The van der Waals surface area contributed by atoms with Crippen molar-refractivity contribution in [2.45, 2.75) is 52.4 Å². The Morgan fingerprint density at radius 2 is 0.857 bits per heavy atom. The van der Waals surface area contributed by atoms with Crippen molar-refractivity contribution in [1.29, 1.82) is 0 Å². The van der Waals surface area contributed by atoms with Crippen LogP contribution >= 0.6 is 15.6 Å². The van der Waals surface area contributed by atoms with Gasteiger partial charge in [0, 0.05) is 0 Å². The Labute approximate surface area is 157 Å². The number of hydrogen-bond donors (Lipinski definition) is 0. The van der Waals surface area contributed by atoms with Crippen LogP contribution in [0.4, 0.5) is 0 Å². The normalized spacial score (nSPS) is 9.62. The van der Waals surface area contributed by atoms with Crippen LogP contribution < -0.4 is 29.4 Å². The van der Waals surface area contributed by atoms with E-state index in [1.165, 1.54) is 25.7 Å². The Balaban J connectivity index is -0.0000000533. The maximum atomic E-state index is 8.55. The van der Waals surface area contributed by atoms with Crippen molar-refractivity contribution in [1.82, 2.24) is 0 Å². The maximum Gasteiger partial charge on any atom is 2.00 e. The van der Waals surface area contributed by atoms with Crippen LogP contribution in [0.1, 0.15) is 52.4 Å². The smallest absolute Gasteiger partial charge is 0.822 e. The Hall–Kier alpha value is 1.48. The van der Waals surface area contributed by atoms with Gasteiger partial charge in [-0.2, -0.15) is 28.5 Å².